The third kappa shape index (κ3) is 1.98. The van der Waals surface area contributed by atoms with Gasteiger partial charge < -0.3 is 5.73 Å². The first-order chi connectivity index (χ1) is 11.1. The van der Waals surface area contributed by atoms with Crippen molar-refractivity contribution in [2.45, 2.75) is 19.3 Å². The lowest BCUT2D eigenvalue weighted by atomic mass is 10.1. The maximum atomic E-state index is 12.4. The third-order valence-corrected chi connectivity index (χ3v) is 5.39. The number of carbonyl (C=O) groups is 1. The Morgan fingerprint density at radius 3 is 2.35 bits per heavy atom. The van der Waals surface area contributed by atoms with Crippen molar-refractivity contribution in [2.24, 2.45) is 10.7 Å². The van der Waals surface area contributed by atoms with Crippen LogP contribution in [0.25, 0.3) is 10.8 Å². The molecule has 2 aromatic carbocycles. The summed E-state index contributed by atoms with van der Waals surface area (Å²) in [4.78, 5) is 41.9. The molecule has 0 spiro atoms. The van der Waals surface area contributed by atoms with Gasteiger partial charge in [-0.15, -0.1) is 11.3 Å². The van der Waals surface area contributed by atoms with Crippen molar-refractivity contribution >= 4 is 33.0 Å². The van der Waals surface area contributed by atoms with Crippen LogP contribution < -0.4 is 21.9 Å². The minimum absolute atomic E-state index is 0.131. The highest BCUT2D eigenvalue weighted by atomic mass is 32.1. The maximum absolute atomic E-state index is 12.4. The van der Waals surface area contributed by atoms with Crippen LogP contribution in [0.1, 0.15) is 27.2 Å². The average Bonchev–Trinajstić information content (AvgIpc) is 3.16. The topological polar surface area (TPSA) is 89.6 Å². The van der Waals surface area contributed by atoms with Crippen LogP contribution in [-0.4, -0.2) is 5.91 Å². The summed E-state index contributed by atoms with van der Waals surface area (Å²) in [5, 5.41) is 0.974. The molecule has 0 aliphatic heterocycles. The van der Waals surface area contributed by atoms with Crippen molar-refractivity contribution in [2.75, 3.05) is 0 Å². The van der Waals surface area contributed by atoms with Crippen molar-refractivity contribution in [3.63, 3.8) is 0 Å². The quantitative estimate of drug-likeness (QED) is 0.771. The van der Waals surface area contributed by atoms with Gasteiger partial charge in [0.1, 0.15) is 5.00 Å². The molecule has 0 saturated carbocycles. The van der Waals surface area contributed by atoms with Gasteiger partial charge in [-0.3, -0.25) is 14.4 Å². The molecule has 1 heterocycles. The number of amides is 1. The Kier molecular flexibility index (Phi) is 3.02. The van der Waals surface area contributed by atoms with Gasteiger partial charge in [-0.1, -0.05) is 24.3 Å². The lowest BCUT2D eigenvalue weighted by Gasteiger charge is -1.96. The lowest BCUT2D eigenvalue weighted by molar-refractivity contribution is 0.100. The van der Waals surface area contributed by atoms with E-state index in [4.69, 9.17) is 5.73 Å². The van der Waals surface area contributed by atoms with E-state index in [1.807, 2.05) is 0 Å². The second kappa shape index (κ2) is 4.96. The summed E-state index contributed by atoms with van der Waals surface area (Å²) < 4.78 is 0. The van der Waals surface area contributed by atoms with Gasteiger partial charge in [0, 0.05) is 15.6 Å². The first-order valence-electron chi connectivity index (χ1n) is 7.29. The average molecular weight is 324 g/mol. The standard InChI is InChI=1S/C17H12N2O3S/c18-16(22)12-10-6-3-7-11(10)23-17(12)19-13-14(20)8-4-1-2-5-9(8)15(13)21/h1-2,4-5H,3,6-7H2,(H2,18,22). The van der Waals surface area contributed by atoms with Gasteiger partial charge in [0.05, 0.1) is 5.56 Å². The van der Waals surface area contributed by atoms with E-state index < -0.39 is 16.8 Å². The van der Waals surface area contributed by atoms with Crippen molar-refractivity contribution in [1.82, 2.24) is 0 Å². The number of nitrogens with zero attached hydrogens (tertiary/aromatic N) is 1. The molecule has 1 aliphatic rings. The number of rotatable bonds is 2. The Labute approximate surface area is 134 Å². The first kappa shape index (κ1) is 14.0. The van der Waals surface area contributed by atoms with Crippen LogP contribution >= 0.6 is 11.3 Å². The summed E-state index contributed by atoms with van der Waals surface area (Å²) in [5.74, 6) is -0.556. The Bertz CT molecular complexity index is 1070. The Morgan fingerprint density at radius 2 is 1.74 bits per heavy atom. The number of carbonyl (C=O) groups excluding carboxylic acids is 1. The highest BCUT2D eigenvalue weighted by Gasteiger charge is 2.25. The largest absolute Gasteiger partial charge is 0.365 e. The van der Waals surface area contributed by atoms with E-state index in [-0.39, 0.29) is 5.36 Å². The predicted molar refractivity (Wildman–Crippen MR) is 88.9 cm³/mol. The van der Waals surface area contributed by atoms with E-state index in [0.717, 1.165) is 29.7 Å². The molecular weight excluding hydrogens is 312 g/mol. The summed E-state index contributed by atoms with van der Waals surface area (Å²) in [7, 11) is 0. The highest BCUT2D eigenvalue weighted by molar-refractivity contribution is 7.16. The smallest absolute Gasteiger partial charge is 0.252 e. The van der Waals surface area contributed by atoms with Crippen molar-refractivity contribution in [3.8, 4) is 0 Å². The van der Waals surface area contributed by atoms with Crippen LogP contribution in [0.5, 0.6) is 0 Å². The second-order valence-corrected chi connectivity index (χ2v) is 6.65. The van der Waals surface area contributed by atoms with Crippen LogP contribution in [0.15, 0.2) is 38.8 Å². The molecular formula is C17H12N2O3S. The SMILES string of the molecule is NC(=O)c1c(N=c2c(=O)c3ccccc3c2=O)sc2c1CCC2. The van der Waals surface area contributed by atoms with Gasteiger partial charge in [0.15, 0.2) is 5.36 Å². The molecule has 114 valence electrons. The van der Waals surface area contributed by atoms with Gasteiger partial charge in [-0.05, 0) is 24.8 Å². The van der Waals surface area contributed by atoms with E-state index in [2.05, 4.69) is 4.99 Å². The normalized spacial score (nSPS) is 13.4. The number of hydrogen-bond acceptors (Lipinski definition) is 5. The summed E-state index contributed by atoms with van der Waals surface area (Å²) in [5.41, 5.74) is 6.00. The molecule has 3 aromatic rings. The molecule has 0 radical (unpaired) electrons. The van der Waals surface area contributed by atoms with E-state index in [0.29, 0.717) is 21.3 Å². The third-order valence-electron chi connectivity index (χ3n) is 4.21. The number of hydrogen-bond donors (Lipinski definition) is 1. The van der Waals surface area contributed by atoms with Crippen LogP contribution in [0, 0.1) is 0 Å². The first-order valence-corrected chi connectivity index (χ1v) is 8.11. The zero-order chi connectivity index (χ0) is 16.1. The maximum Gasteiger partial charge on any atom is 0.252 e. The molecule has 0 saturated heterocycles. The summed E-state index contributed by atoms with van der Waals surface area (Å²) in [6.45, 7) is 0. The number of aryl methyl sites for hydroxylation is 1. The number of nitrogens with two attached hydrogens (primary N) is 1. The molecule has 0 fully saturated rings. The van der Waals surface area contributed by atoms with Crippen LogP contribution in [0.4, 0.5) is 5.00 Å². The molecule has 0 unspecified atom stereocenters. The Morgan fingerprint density at radius 1 is 1.09 bits per heavy atom. The molecule has 0 atom stereocenters. The monoisotopic (exact) mass is 324 g/mol. The van der Waals surface area contributed by atoms with Crippen LogP contribution in [0.3, 0.4) is 0 Å². The van der Waals surface area contributed by atoms with Crippen molar-refractivity contribution in [1.29, 1.82) is 0 Å². The Hall–Kier alpha value is -2.60. The van der Waals surface area contributed by atoms with Crippen molar-refractivity contribution in [3.05, 3.63) is 66.1 Å². The molecule has 1 aromatic heterocycles. The molecule has 2 N–H and O–H groups in total. The highest BCUT2D eigenvalue weighted by Crippen LogP contribution is 2.40. The molecule has 0 bridgehead atoms. The van der Waals surface area contributed by atoms with Gasteiger partial charge in [0.2, 0.25) is 10.9 Å². The van der Waals surface area contributed by atoms with Gasteiger partial charge in [-0.25, -0.2) is 4.99 Å². The summed E-state index contributed by atoms with van der Waals surface area (Å²) in [6.07, 6.45) is 2.66. The van der Waals surface area contributed by atoms with Crippen molar-refractivity contribution < 1.29 is 4.79 Å². The minimum Gasteiger partial charge on any atom is -0.365 e. The van der Waals surface area contributed by atoms with Crippen LogP contribution in [-0.2, 0) is 12.8 Å². The fourth-order valence-corrected chi connectivity index (χ4v) is 4.43. The van der Waals surface area contributed by atoms with E-state index in [9.17, 15) is 14.4 Å². The molecule has 6 heteroatoms. The van der Waals surface area contributed by atoms with Gasteiger partial charge >= 0.3 is 0 Å². The number of benzene rings is 1. The lowest BCUT2D eigenvalue weighted by Crippen LogP contribution is -2.31. The van der Waals surface area contributed by atoms with Crippen LogP contribution in [0.2, 0.25) is 0 Å². The number of primary amides is 1. The second-order valence-electron chi connectivity index (χ2n) is 5.57. The summed E-state index contributed by atoms with van der Waals surface area (Å²) in [6, 6.07) is 6.64. The fourth-order valence-electron chi connectivity index (χ4n) is 3.16. The van der Waals surface area contributed by atoms with Gasteiger partial charge in [0.25, 0.3) is 5.91 Å². The number of fused-ring (bicyclic) bond motifs is 2. The van der Waals surface area contributed by atoms with Gasteiger partial charge in [-0.2, -0.15) is 0 Å². The zero-order valence-corrected chi connectivity index (χ0v) is 12.9. The molecule has 23 heavy (non-hydrogen) atoms. The zero-order valence-electron chi connectivity index (χ0n) is 12.1. The van der Waals surface area contributed by atoms with E-state index >= 15 is 0 Å². The molecule has 1 amide bonds. The molecule has 1 aliphatic carbocycles. The minimum atomic E-state index is -0.556. The molecule has 4 rings (SSSR count). The molecule has 5 nitrogen and oxygen atoms in total. The van der Waals surface area contributed by atoms with E-state index in [1.54, 1.807) is 24.3 Å². The fraction of sp³-hybridized carbons (Fsp3) is 0.176. The Balaban J connectivity index is 2.05. The number of thiophene rings is 1. The van der Waals surface area contributed by atoms with E-state index in [1.165, 1.54) is 11.3 Å². The predicted octanol–water partition coefficient (Wildman–Crippen LogP) is 1.32. The summed E-state index contributed by atoms with van der Waals surface area (Å²) >= 11 is 1.35.